The van der Waals surface area contributed by atoms with Gasteiger partial charge in [0, 0.05) is 29.9 Å². The third-order valence-corrected chi connectivity index (χ3v) is 4.69. The molecule has 0 saturated carbocycles. The Bertz CT molecular complexity index is 1260. The molecule has 1 N–H and O–H groups in total. The van der Waals surface area contributed by atoms with E-state index in [4.69, 9.17) is 15.1 Å². The Kier molecular flexibility index (Phi) is 3.94. The van der Waals surface area contributed by atoms with E-state index >= 15 is 0 Å². The van der Waals surface area contributed by atoms with Gasteiger partial charge in [-0.15, -0.1) is 5.10 Å². The standard InChI is InChI=1S/C22H18N6/c1-15-6-8-16(9-7-15)14-24-22-25-19-5-3-2-4-18(19)21-26-20(27-28(21)22)17-10-12-23-13-11-17/h2-13H,14H2,1H3,(H,24,25). The van der Waals surface area contributed by atoms with E-state index < -0.39 is 0 Å². The van der Waals surface area contributed by atoms with Gasteiger partial charge in [0.25, 0.3) is 0 Å². The van der Waals surface area contributed by atoms with E-state index in [9.17, 15) is 0 Å². The highest BCUT2D eigenvalue weighted by molar-refractivity contribution is 5.92. The van der Waals surface area contributed by atoms with E-state index in [1.807, 2.05) is 36.4 Å². The summed E-state index contributed by atoms with van der Waals surface area (Å²) in [4.78, 5) is 13.6. The molecule has 6 heteroatoms. The predicted octanol–water partition coefficient (Wildman–Crippen LogP) is 4.26. The summed E-state index contributed by atoms with van der Waals surface area (Å²) in [6, 6.07) is 20.2. The van der Waals surface area contributed by atoms with Crippen molar-refractivity contribution in [2.45, 2.75) is 13.5 Å². The number of nitrogens with one attached hydrogen (secondary N) is 1. The van der Waals surface area contributed by atoms with Crippen LogP contribution >= 0.6 is 0 Å². The average Bonchev–Trinajstić information content (AvgIpc) is 3.20. The maximum Gasteiger partial charge on any atom is 0.226 e. The maximum atomic E-state index is 4.78. The van der Waals surface area contributed by atoms with Gasteiger partial charge in [-0.1, -0.05) is 42.0 Å². The second-order valence-corrected chi connectivity index (χ2v) is 6.70. The van der Waals surface area contributed by atoms with Crippen molar-refractivity contribution in [3.63, 3.8) is 0 Å². The Morgan fingerprint density at radius 3 is 2.50 bits per heavy atom. The molecule has 5 aromatic rings. The SMILES string of the molecule is Cc1ccc(CNc2nc3ccccc3c3nc(-c4ccncc4)nn23)cc1. The monoisotopic (exact) mass is 366 g/mol. The molecule has 0 aliphatic carbocycles. The topological polar surface area (TPSA) is 68.0 Å². The molecule has 6 nitrogen and oxygen atoms in total. The smallest absolute Gasteiger partial charge is 0.226 e. The number of aromatic nitrogens is 5. The van der Waals surface area contributed by atoms with Gasteiger partial charge in [-0.25, -0.2) is 9.97 Å². The first kappa shape index (κ1) is 16.4. The lowest BCUT2D eigenvalue weighted by Gasteiger charge is -2.09. The molecular formula is C22H18N6. The molecule has 0 bridgehead atoms. The highest BCUT2D eigenvalue weighted by atomic mass is 15.4. The van der Waals surface area contributed by atoms with Crippen LogP contribution < -0.4 is 5.32 Å². The van der Waals surface area contributed by atoms with Crippen LogP contribution in [0.4, 0.5) is 5.95 Å². The Morgan fingerprint density at radius 2 is 1.68 bits per heavy atom. The Hall–Kier alpha value is -3.80. The number of para-hydroxylation sites is 1. The van der Waals surface area contributed by atoms with Gasteiger partial charge in [-0.3, -0.25) is 4.98 Å². The Labute approximate surface area is 161 Å². The molecule has 0 atom stereocenters. The average molecular weight is 366 g/mol. The highest BCUT2D eigenvalue weighted by Gasteiger charge is 2.14. The van der Waals surface area contributed by atoms with Crippen molar-refractivity contribution in [3.8, 4) is 11.4 Å². The van der Waals surface area contributed by atoms with E-state index in [0.717, 1.165) is 22.1 Å². The van der Waals surface area contributed by atoms with E-state index in [1.165, 1.54) is 11.1 Å². The molecule has 0 radical (unpaired) electrons. The van der Waals surface area contributed by atoms with Crippen molar-refractivity contribution < 1.29 is 0 Å². The van der Waals surface area contributed by atoms with Crippen LogP contribution in [0.5, 0.6) is 0 Å². The zero-order valence-electron chi connectivity index (χ0n) is 15.4. The summed E-state index contributed by atoms with van der Waals surface area (Å²) < 4.78 is 1.78. The fourth-order valence-electron chi connectivity index (χ4n) is 3.18. The molecule has 0 saturated heterocycles. The van der Waals surface area contributed by atoms with Crippen LogP contribution in [-0.4, -0.2) is 24.6 Å². The molecule has 0 fully saturated rings. The number of pyridine rings is 1. The summed E-state index contributed by atoms with van der Waals surface area (Å²) in [5, 5.41) is 9.10. The van der Waals surface area contributed by atoms with Crippen LogP contribution in [0.2, 0.25) is 0 Å². The van der Waals surface area contributed by atoms with Crippen molar-refractivity contribution in [3.05, 3.63) is 84.2 Å². The fourth-order valence-corrected chi connectivity index (χ4v) is 3.18. The second-order valence-electron chi connectivity index (χ2n) is 6.70. The fraction of sp³-hybridized carbons (Fsp3) is 0.0909. The number of hydrogen-bond donors (Lipinski definition) is 1. The van der Waals surface area contributed by atoms with Crippen LogP contribution in [0.15, 0.2) is 73.1 Å². The van der Waals surface area contributed by atoms with Crippen molar-refractivity contribution >= 4 is 22.5 Å². The first-order valence-electron chi connectivity index (χ1n) is 9.13. The van der Waals surface area contributed by atoms with Gasteiger partial charge in [0.05, 0.1) is 5.52 Å². The molecule has 2 aromatic carbocycles. The third kappa shape index (κ3) is 2.95. The first-order chi connectivity index (χ1) is 13.8. The highest BCUT2D eigenvalue weighted by Crippen LogP contribution is 2.24. The summed E-state index contributed by atoms with van der Waals surface area (Å²) >= 11 is 0. The normalized spacial score (nSPS) is 11.2. The minimum atomic E-state index is 0.652. The van der Waals surface area contributed by atoms with Gasteiger partial charge < -0.3 is 5.32 Å². The molecule has 0 unspecified atom stereocenters. The third-order valence-electron chi connectivity index (χ3n) is 4.69. The minimum absolute atomic E-state index is 0.652. The summed E-state index contributed by atoms with van der Waals surface area (Å²) in [7, 11) is 0. The number of anilines is 1. The number of aryl methyl sites for hydroxylation is 1. The lowest BCUT2D eigenvalue weighted by molar-refractivity contribution is 0.920. The van der Waals surface area contributed by atoms with E-state index in [0.29, 0.717) is 18.3 Å². The van der Waals surface area contributed by atoms with E-state index in [2.05, 4.69) is 41.5 Å². The largest absolute Gasteiger partial charge is 0.350 e. The van der Waals surface area contributed by atoms with E-state index in [-0.39, 0.29) is 0 Å². The summed E-state index contributed by atoms with van der Waals surface area (Å²) in [5.74, 6) is 1.32. The second kappa shape index (κ2) is 6.74. The first-order valence-corrected chi connectivity index (χ1v) is 9.13. The molecule has 28 heavy (non-hydrogen) atoms. The predicted molar refractivity (Wildman–Crippen MR) is 110 cm³/mol. The lowest BCUT2D eigenvalue weighted by atomic mass is 10.1. The summed E-state index contributed by atoms with van der Waals surface area (Å²) in [5.41, 5.74) is 5.02. The molecule has 3 heterocycles. The van der Waals surface area contributed by atoms with E-state index in [1.54, 1.807) is 16.9 Å². The quantitative estimate of drug-likeness (QED) is 0.515. The molecule has 136 valence electrons. The van der Waals surface area contributed by atoms with Gasteiger partial charge in [0.2, 0.25) is 5.95 Å². The molecule has 3 aromatic heterocycles. The van der Waals surface area contributed by atoms with Crippen LogP contribution in [0, 0.1) is 6.92 Å². The van der Waals surface area contributed by atoms with Gasteiger partial charge >= 0.3 is 0 Å². The summed E-state index contributed by atoms with van der Waals surface area (Å²) in [6.07, 6.45) is 3.49. The lowest BCUT2D eigenvalue weighted by Crippen LogP contribution is -2.08. The van der Waals surface area contributed by atoms with Gasteiger partial charge in [-0.05, 0) is 36.8 Å². The molecule has 0 aliphatic heterocycles. The van der Waals surface area contributed by atoms with Gasteiger partial charge in [0.15, 0.2) is 11.5 Å². The maximum absolute atomic E-state index is 4.78. The number of fused-ring (bicyclic) bond motifs is 3. The Balaban J connectivity index is 1.62. The summed E-state index contributed by atoms with van der Waals surface area (Å²) in [6.45, 7) is 2.74. The minimum Gasteiger partial charge on any atom is -0.350 e. The van der Waals surface area contributed by atoms with Crippen molar-refractivity contribution in [2.75, 3.05) is 5.32 Å². The molecular weight excluding hydrogens is 348 g/mol. The van der Waals surface area contributed by atoms with Crippen LogP contribution in [-0.2, 0) is 6.54 Å². The van der Waals surface area contributed by atoms with Crippen LogP contribution in [0.3, 0.4) is 0 Å². The number of nitrogens with zero attached hydrogens (tertiary/aromatic N) is 5. The molecule has 0 aliphatic rings. The molecule has 5 rings (SSSR count). The molecule has 0 spiro atoms. The number of benzene rings is 2. The van der Waals surface area contributed by atoms with Crippen LogP contribution in [0.1, 0.15) is 11.1 Å². The van der Waals surface area contributed by atoms with Gasteiger partial charge in [0.1, 0.15) is 0 Å². The Morgan fingerprint density at radius 1 is 0.893 bits per heavy atom. The van der Waals surface area contributed by atoms with Crippen molar-refractivity contribution in [1.82, 2.24) is 24.6 Å². The molecule has 0 amide bonds. The van der Waals surface area contributed by atoms with Crippen LogP contribution in [0.25, 0.3) is 27.9 Å². The van der Waals surface area contributed by atoms with Crippen molar-refractivity contribution in [2.24, 2.45) is 0 Å². The zero-order chi connectivity index (χ0) is 18.9. The van der Waals surface area contributed by atoms with Gasteiger partial charge in [-0.2, -0.15) is 4.52 Å². The zero-order valence-corrected chi connectivity index (χ0v) is 15.4. The number of rotatable bonds is 4. The number of hydrogen-bond acceptors (Lipinski definition) is 5. The van der Waals surface area contributed by atoms with Crippen molar-refractivity contribution in [1.29, 1.82) is 0 Å².